The minimum atomic E-state index is -0.466. The van der Waals surface area contributed by atoms with Crippen molar-refractivity contribution in [1.82, 2.24) is 9.55 Å². The molecule has 0 amide bonds. The van der Waals surface area contributed by atoms with Crippen LogP contribution in [-0.2, 0) is 0 Å². The first-order valence-corrected chi connectivity index (χ1v) is 7.03. The first-order chi connectivity index (χ1) is 10.6. The number of benzene rings is 2. The third-order valence-corrected chi connectivity index (χ3v) is 3.87. The van der Waals surface area contributed by atoms with Gasteiger partial charge in [0.15, 0.2) is 12.1 Å². The van der Waals surface area contributed by atoms with Crippen molar-refractivity contribution in [3.63, 3.8) is 0 Å². The molecule has 1 atom stereocenters. The number of hydrogen-bond donors (Lipinski definition) is 2. The summed E-state index contributed by atoms with van der Waals surface area (Å²) in [7, 11) is 0. The number of nitrogens with two attached hydrogens (primary N) is 1. The monoisotopic (exact) mass is 315 g/mol. The molecule has 1 aliphatic rings. The van der Waals surface area contributed by atoms with E-state index in [2.05, 4.69) is 15.3 Å². The van der Waals surface area contributed by atoms with E-state index in [1.165, 1.54) is 6.07 Å². The van der Waals surface area contributed by atoms with Gasteiger partial charge in [0.05, 0.1) is 16.1 Å². The van der Waals surface area contributed by atoms with E-state index in [1.807, 2.05) is 28.8 Å². The SMILES string of the molecule is NC1=N[C@@H](c2ccc(F)c(Cl)c2)n2c(nc3ccccc32)N1. The van der Waals surface area contributed by atoms with Crippen molar-refractivity contribution >= 4 is 34.5 Å². The molecule has 0 spiro atoms. The summed E-state index contributed by atoms with van der Waals surface area (Å²) >= 11 is 5.89. The van der Waals surface area contributed by atoms with Gasteiger partial charge >= 0.3 is 0 Å². The predicted octanol–water partition coefficient (Wildman–Crippen LogP) is 3.12. The molecular weight excluding hydrogens is 305 g/mol. The third-order valence-electron chi connectivity index (χ3n) is 3.58. The molecule has 2 aromatic carbocycles. The molecular formula is C15H11ClFN5. The van der Waals surface area contributed by atoms with Crippen LogP contribution < -0.4 is 11.1 Å². The van der Waals surface area contributed by atoms with Gasteiger partial charge in [-0.25, -0.2) is 14.4 Å². The molecule has 3 aromatic rings. The highest BCUT2D eigenvalue weighted by Gasteiger charge is 2.25. The molecule has 1 aromatic heterocycles. The Hall–Kier alpha value is -2.60. The second-order valence-corrected chi connectivity index (χ2v) is 5.39. The van der Waals surface area contributed by atoms with Crippen LogP contribution in [0, 0.1) is 5.82 Å². The molecule has 110 valence electrons. The summed E-state index contributed by atoms with van der Waals surface area (Å²) in [4.78, 5) is 8.92. The lowest BCUT2D eigenvalue weighted by atomic mass is 10.1. The van der Waals surface area contributed by atoms with E-state index in [4.69, 9.17) is 17.3 Å². The zero-order valence-electron chi connectivity index (χ0n) is 11.3. The number of rotatable bonds is 1. The van der Waals surface area contributed by atoms with Crippen LogP contribution in [-0.4, -0.2) is 15.5 Å². The summed E-state index contributed by atoms with van der Waals surface area (Å²) in [6.07, 6.45) is -0.443. The largest absolute Gasteiger partial charge is 0.370 e. The first kappa shape index (κ1) is 13.1. The van der Waals surface area contributed by atoms with Crippen LogP contribution in [0.25, 0.3) is 11.0 Å². The molecule has 5 nitrogen and oxygen atoms in total. The van der Waals surface area contributed by atoms with Gasteiger partial charge in [-0.1, -0.05) is 29.8 Å². The minimum Gasteiger partial charge on any atom is -0.370 e. The van der Waals surface area contributed by atoms with Gasteiger partial charge in [-0.2, -0.15) is 0 Å². The van der Waals surface area contributed by atoms with Crippen LogP contribution in [0.1, 0.15) is 11.7 Å². The summed E-state index contributed by atoms with van der Waals surface area (Å²) in [6, 6.07) is 12.2. The van der Waals surface area contributed by atoms with Gasteiger partial charge in [0.25, 0.3) is 0 Å². The highest BCUT2D eigenvalue weighted by Crippen LogP contribution is 2.33. The molecule has 0 saturated carbocycles. The van der Waals surface area contributed by atoms with Gasteiger partial charge < -0.3 is 5.73 Å². The van der Waals surface area contributed by atoms with E-state index in [0.717, 1.165) is 16.6 Å². The lowest BCUT2D eigenvalue weighted by Gasteiger charge is -2.24. The van der Waals surface area contributed by atoms with E-state index in [0.29, 0.717) is 5.95 Å². The number of aromatic nitrogens is 2. The fraction of sp³-hybridized carbons (Fsp3) is 0.0667. The van der Waals surface area contributed by atoms with Gasteiger partial charge in [0.1, 0.15) is 5.82 Å². The number of nitrogens with zero attached hydrogens (tertiary/aromatic N) is 3. The quantitative estimate of drug-likeness (QED) is 0.725. The van der Waals surface area contributed by atoms with Gasteiger partial charge in [0, 0.05) is 0 Å². The highest BCUT2D eigenvalue weighted by molar-refractivity contribution is 6.30. The van der Waals surface area contributed by atoms with Crippen molar-refractivity contribution in [2.45, 2.75) is 6.17 Å². The Labute approximate surface area is 130 Å². The lowest BCUT2D eigenvalue weighted by Crippen LogP contribution is -2.31. The summed E-state index contributed by atoms with van der Waals surface area (Å²) < 4.78 is 15.3. The molecule has 22 heavy (non-hydrogen) atoms. The van der Waals surface area contributed by atoms with E-state index >= 15 is 0 Å². The molecule has 0 unspecified atom stereocenters. The van der Waals surface area contributed by atoms with Crippen molar-refractivity contribution in [3.8, 4) is 0 Å². The maximum Gasteiger partial charge on any atom is 0.212 e. The smallest absolute Gasteiger partial charge is 0.212 e. The highest BCUT2D eigenvalue weighted by atomic mass is 35.5. The van der Waals surface area contributed by atoms with Crippen LogP contribution in [0.2, 0.25) is 5.02 Å². The fourth-order valence-electron chi connectivity index (χ4n) is 2.61. The Bertz CT molecular complexity index is 917. The summed E-state index contributed by atoms with van der Waals surface area (Å²) in [5.74, 6) is 0.388. The Morgan fingerprint density at radius 2 is 2.05 bits per heavy atom. The maximum absolute atomic E-state index is 13.4. The maximum atomic E-state index is 13.4. The van der Waals surface area contributed by atoms with E-state index in [-0.39, 0.29) is 11.0 Å². The average Bonchev–Trinajstić information content (AvgIpc) is 2.87. The van der Waals surface area contributed by atoms with Gasteiger partial charge in [-0.15, -0.1) is 0 Å². The Morgan fingerprint density at radius 3 is 2.86 bits per heavy atom. The molecule has 0 aliphatic carbocycles. The summed E-state index contributed by atoms with van der Waals surface area (Å²) in [6.45, 7) is 0. The standard InChI is InChI=1S/C15H11ClFN5/c16-9-7-8(5-6-10(9)17)13-20-14(18)21-15-19-11-3-1-2-4-12(11)22(13)15/h1-7,13H,(H3,18,19,20,21)/t13-/m1/s1. The zero-order chi connectivity index (χ0) is 15.3. The van der Waals surface area contributed by atoms with Crippen molar-refractivity contribution in [1.29, 1.82) is 0 Å². The molecule has 0 bridgehead atoms. The molecule has 3 N–H and O–H groups in total. The van der Waals surface area contributed by atoms with Gasteiger partial charge in [-0.05, 0) is 29.8 Å². The van der Waals surface area contributed by atoms with Crippen molar-refractivity contribution < 1.29 is 4.39 Å². The number of guanidine groups is 1. The van der Waals surface area contributed by atoms with E-state index < -0.39 is 12.0 Å². The molecule has 1 aliphatic heterocycles. The Morgan fingerprint density at radius 1 is 1.23 bits per heavy atom. The van der Waals surface area contributed by atoms with Crippen molar-refractivity contribution in [2.24, 2.45) is 10.7 Å². The van der Waals surface area contributed by atoms with Crippen molar-refractivity contribution in [3.05, 3.63) is 58.9 Å². The fourth-order valence-corrected chi connectivity index (χ4v) is 2.80. The number of hydrogen-bond acceptors (Lipinski definition) is 4. The average molecular weight is 316 g/mol. The van der Waals surface area contributed by atoms with Crippen LogP contribution in [0.3, 0.4) is 0 Å². The molecule has 0 fully saturated rings. The van der Waals surface area contributed by atoms with Crippen LogP contribution in [0.4, 0.5) is 10.3 Å². The molecule has 0 saturated heterocycles. The molecule has 0 radical (unpaired) electrons. The number of aliphatic imine (C=N–C) groups is 1. The second kappa shape index (κ2) is 4.71. The number of halogens is 2. The Kier molecular flexibility index (Phi) is 2.80. The number of fused-ring (bicyclic) bond motifs is 3. The third kappa shape index (κ3) is 1.92. The first-order valence-electron chi connectivity index (χ1n) is 6.66. The number of para-hydroxylation sites is 2. The molecule has 7 heteroatoms. The number of anilines is 1. The van der Waals surface area contributed by atoms with Crippen LogP contribution in [0.15, 0.2) is 47.5 Å². The summed E-state index contributed by atoms with van der Waals surface area (Å²) in [5.41, 5.74) is 8.32. The second-order valence-electron chi connectivity index (χ2n) is 4.98. The lowest BCUT2D eigenvalue weighted by molar-refractivity contribution is 0.610. The van der Waals surface area contributed by atoms with Crippen molar-refractivity contribution in [2.75, 3.05) is 5.32 Å². The van der Waals surface area contributed by atoms with Crippen LogP contribution in [0.5, 0.6) is 0 Å². The number of imidazole rings is 1. The Balaban J connectivity index is 1.96. The summed E-state index contributed by atoms with van der Waals surface area (Å²) in [5, 5.41) is 3.00. The normalized spacial score (nSPS) is 17.0. The van der Waals surface area contributed by atoms with Gasteiger partial charge in [-0.3, -0.25) is 9.88 Å². The molecule has 2 heterocycles. The number of nitrogens with one attached hydrogen (secondary N) is 1. The topological polar surface area (TPSA) is 68.2 Å². The zero-order valence-corrected chi connectivity index (χ0v) is 12.0. The van der Waals surface area contributed by atoms with E-state index in [9.17, 15) is 4.39 Å². The van der Waals surface area contributed by atoms with Gasteiger partial charge in [0.2, 0.25) is 5.95 Å². The van der Waals surface area contributed by atoms with E-state index in [1.54, 1.807) is 12.1 Å². The minimum absolute atomic E-state index is 0.0516. The van der Waals surface area contributed by atoms with Crippen LogP contribution >= 0.6 is 11.6 Å². The predicted molar refractivity (Wildman–Crippen MR) is 84.5 cm³/mol. The molecule has 4 rings (SSSR count).